The van der Waals surface area contributed by atoms with Crippen molar-refractivity contribution in [3.8, 4) is 11.5 Å². The number of carbonyl (C=O) groups excluding carboxylic acids is 1. The lowest BCUT2D eigenvalue weighted by Crippen LogP contribution is -2.27. The first kappa shape index (κ1) is 13.5. The standard InChI is InChI=1S/C17H17NO3/c19-17(11-13-4-2-1-3-5-13)18-9-8-14-6-7-15-16(10-14)21-12-20-15/h1-7,10H,8-9,11-12H2,(H,18,19). The number of benzene rings is 2. The fourth-order valence-corrected chi connectivity index (χ4v) is 2.29. The summed E-state index contributed by atoms with van der Waals surface area (Å²) in [6.45, 7) is 0.901. The molecule has 0 atom stereocenters. The number of fused-ring (bicyclic) bond motifs is 1. The molecule has 108 valence electrons. The number of hydrogen-bond donors (Lipinski definition) is 1. The van der Waals surface area contributed by atoms with Gasteiger partial charge in [-0.1, -0.05) is 36.4 Å². The second-order valence-corrected chi connectivity index (χ2v) is 4.95. The van der Waals surface area contributed by atoms with Gasteiger partial charge in [-0.25, -0.2) is 0 Å². The van der Waals surface area contributed by atoms with Crippen molar-refractivity contribution in [2.45, 2.75) is 12.8 Å². The predicted octanol–water partition coefficient (Wildman–Crippen LogP) is 2.32. The van der Waals surface area contributed by atoms with Crippen LogP contribution in [0.2, 0.25) is 0 Å². The topological polar surface area (TPSA) is 47.6 Å². The lowest BCUT2D eigenvalue weighted by molar-refractivity contribution is -0.120. The maximum Gasteiger partial charge on any atom is 0.231 e. The molecule has 0 saturated carbocycles. The quantitative estimate of drug-likeness (QED) is 0.916. The van der Waals surface area contributed by atoms with Crippen LogP contribution < -0.4 is 14.8 Å². The molecule has 0 fully saturated rings. The van der Waals surface area contributed by atoms with Gasteiger partial charge in [-0.15, -0.1) is 0 Å². The first-order chi connectivity index (χ1) is 10.3. The van der Waals surface area contributed by atoms with Crippen LogP contribution in [0.3, 0.4) is 0 Å². The van der Waals surface area contributed by atoms with Gasteiger partial charge in [0.2, 0.25) is 12.7 Å². The van der Waals surface area contributed by atoms with E-state index in [0.29, 0.717) is 13.0 Å². The summed E-state index contributed by atoms with van der Waals surface area (Å²) in [4.78, 5) is 11.8. The Bertz CT molecular complexity index is 625. The molecule has 0 radical (unpaired) electrons. The molecule has 3 rings (SSSR count). The highest BCUT2D eigenvalue weighted by Gasteiger charge is 2.13. The fraction of sp³-hybridized carbons (Fsp3) is 0.235. The smallest absolute Gasteiger partial charge is 0.231 e. The monoisotopic (exact) mass is 283 g/mol. The molecule has 4 heteroatoms. The first-order valence-electron chi connectivity index (χ1n) is 7.00. The lowest BCUT2D eigenvalue weighted by Gasteiger charge is -2.06. The summed E-state index contributed by atoms with van der Waals surface area (Å²) in [5.74, 6) is 1.61. The van der Waals surface area contributed by atoms with E-state index in [9.17, 15) is 4.79 Å². The van der Waals surface area contributed by atoms with Gasteiger partial charge < -0.3 is 14.8 Å². The summed E-state index contributed by atoms with van der Waals surface area (Å²) in [5, 5.41) is 2.94. The fourth-order valence-electron chi connectivity index (χ4n) is 2.29. The highest BCUT2D eigenvalue weighted by molar-refractivity contribution is 5.78. The van der Waals surface area contributed by atoms with E-state index in [4.69, 9.17) is 9.47 Å². The van der Waals surface area contributed by atoms with E-state index in [2.05, 4.69) is 5.32 Å². The molecule has 21 heavy (non-hydrogen) atoms. The number of carbonyl (C=O) groups is 1. The Hall–Kier alpha value is -2.49. The van der Waals surface area contributed by atoms with Gasteiger partial charge in [0.1, 0.15) is 0 Å². The van der Waals surface area contributed by atoms with Crippen molar-refractivity contribution < 1.29 is 14.3 Å². The third-order valence-electron chi connectivity index (χ3n) is 3.38. The zero-order valence-electron chi connectivity index (χ0n) is 11.7. The SMILES string of the molecule is O=C(Cc1ccccc1)NCCc1ccc2c(c1)OCO2. The normalized spacial score (nSPS) is 12.2. The molecule has 2 aromatic carbocycles. The van der Waals surface area contributed by atoms with E-state index in [1.165, 1.54) is 0 Å². The summed E-state index contributed by atoms with van der Waals surface area (Å²) < 4.78 is 10.6. The van der Waals surface area contributed by atoms with Gasteiger partial charge >= 0.3 is 0 Å². The average molecular weight is 283 g/mol. The number of amides is 1. The van der Waals surface area contributed by atoms with Gasteiger partial charge in [0, 0.05) is 6.54 Å². The molecule has 0 aromatic heterocycles. The van der Waals surface area contributed by atoms with Gasteiger partial charge in [-0.3, -0.25) is 4.79 Å². The Morgan fingerprint density at radius 2 is 1.81 bits per heavy atom. The molecule has 0 bridgehead atoms. The van der Waals surface area contributed by atoms with Crippen LogP contribution in [0.1, 0.15) is 11.1 Å². The Kier molecular flexibility index (Phi) is 4.05. The largest absolute Gasteiger partial charge is 0.454 e. The Balaban J connectivity index is 1.46. The van der Waals surface area contributed by atoms with Gasteiger partial charge in [0.15, 0.2) is 11.5 Å². The van der Waals surface area contributed by atoms with E-state index in [1.54, 1.807) is 0 Å². The van der Waals surface area contributed by atoms with Crippen LogP contribution in [0, 0.1) is 0 Å². The lowest BCUT2D eigenvalue weighted by atomic mass is 10.1. The molecule has 4 nitrogen and oxygen atoms in total. The van der Waals surface area contributed by atoms with Crippen molar-refractivity contribution in [3.63, 3.8) is 0 Å². The molecule has 2 aromatic rings. The second kappa shape index (κ2) is 6.31. The van der Waals surface area contributed by atoms with Crippen molar-refractivity contribution in [3.05, 3.63) is 59.7 Å². The predicted molar refractivity (Wildman–Crippen MR) is 79.4 cm³/mol. The number of ether oxygens (including phenoxy) is 2. The third kappa shape index (κ3) is 3.54. The summed E-state index contributed by atoms with van der Waals surface area (Å²) in [7, 11) is 0. The molecule has 1 amide bonds. The highest BCUT2D eigenvalue weighted by Crippen LogP contribution is 2.32. The molecule has 1 aliphatic heterocycles. The van der Waals surface area contributed by atoms with Crippen LogP contribution >= 0.6 is 0 Å². The molecule has 0 aliphatic carbocycles. The van der Waals surface area contributed by atoms with E-state index in [1.807, 2.05) is 48.5 Å². The van der Waals surface area contributed by atoms with E-state index in [0.717, 1.165) is 29.0 Å². The summed E-state index contributed by atoms with van der Waals surface area (Å²) in [6, 6.07) is 15.6. The van der Waals surface area contributed by atoms with Gasteiger partial charge in [0.25, 0.3) is 0 Å². The van der Waals surface area contributed by atoms with Crippen LogP contribution in [-0.2, 0) is 17.6 Å². The zero-order chi connectivity index (χ0) is 14.5. The van der Waals surface area contributed by atoms with E-state index in [-0.39, 0.29) is 12.7 Å². The van der Waals surface area contributed by atoms with E-state index >= 15 is 0 Å². The summed E-state index contributed by atoms with van der Waals surface area (Å²) in [6.07, 6.45) is 1.19. The molecular weight excluding hydrogens is 266 g/mol. The third-order valence-corrected chi connectivity index (χ3v) is 3.38. The Labute approximate surface area is 123 Å². The van der Waals surface area contributed by atoms with Crippen LogP contribution in [0.25, 0.3) is 0 Å². The van der Waals surface area contributed by atoms with Crippen molar-refractivity contribution in [2.24, 2.45) is 0 Å². The highest BCUT2D eigenvalue weighted by atomic mass is 16.7. The minimum absolute atomic E-state index is 0.0435. The maximum atomic E-state index is 11.8. The molecule has 0 saturated heterocycles. The average Bonchev–Trinajstić information content (AvgIpc) is 2.96. The van der Waals surface area contributed by atoms with Crippen LogP contribution in [-0.4, -0.2) is 19.2 Å². The molecular formula is C17H17NO3. The summed E-state index contributed by atoms with van der Waals surface area (Å²) in [5.41, 5.74) is 2.15. The molecule has 0 spiro atoms. The molecule has 1 aliphatic rings. The van der Waals surface area contributed by atoms with Crippen LogP contribution in [0.4, 0.5) is 0 Å². The van der Waals surface area contributed by atoms with Crippen molar-refractivity contribution in [1.82, 2.24) is 5.32 Å². The molecule has 1 heterocycles. The maximum absolute atomic E-state index is 11.8. The zero-order valence-corrected chi connectivity index (χ0v) is 11.7. The number of hydrogen-bond acceptors (Lipinski definition) is 3. The molecule has 1 N–H and O–H groups in total. The van der Waals surface area contributed by atoms with Gasteiger partial charge in [0.05, 0.1) is 6.42 Å². The van der Waals surface area contributed by atoms with Crippen molar-refractivity contribution >= 4 is 5.91 Å². The van der Waals surface area contributed by atoms with Gasteiger partial charge in [-0.05, 0) is 29.7 Å². The second-order valence-electron chi connectivity index (χ2n) is 4.95. The van der Waals surface area contributed by atoms with Gasteiger partial charge in [-0.2, -0.15) is 0 Å². The first-order valence-corrected chi connectivity index (χ1v) is 7.00. The number of rotatable bonds is 5. The van der Waals surface area contributed by atoms with E-state index < -0.39 is 0 Å². The van der Waals surface area contributed by atoms with Crippen LogP contribution in [0.5, 0.6) is 11.5 Å². The Morgan fingerprint density at radius 1 is 1.00 bits per heavy atom. The summed E-state index contributed by atoms with van der Waals surface area (Å²) >= 11 is 0. The minimum atomic E-state index is 0.0435. The van der Waals surface area contributed by atoms with Crippen molar-refractivity contribution in [1.29, 1.82) is 0 Å². The van der Waals surface area contributed by atoms with Crippen molar-refractivity contribution in [2.75, 3.05) is 13.3 Å². The number of nitrogens with one attached hydrogen (secondary N) is 1. The molecule has 0 unspecified atom stereocenters. The Morgan fingerprint density at radius 3 is 2.67 bits per heavy atom. The minimum Gasteiger partial charge on any atom is -0.454 e. The van der Waals surface area contributed by atoms with Crippen LogP contribution in [0.15, 0.2) is 48.5 Å².